The highest BCUT2D eigenvalue weighted by Crippen LogP contribution is 2.30. The largest absolute Gasteiger partial charge is 0.497 e. The number of pyridine rings is 1. The van der Waals surface area contributed by atoms with Crippen molar-refractivity contribution in [1.29, 1.82) is 0 Å². The summed E-state index contributed by atoms with van der Waals surface area (Å²) in [7, 11) is 3.74. The lowest BCUT2D eigenvalue weighted by atomic mass is 9.97. The molecule has 8 nitrogen and oxygen atoms in total. The smallest absolute Gasteiger partial charge is 0.319 e. The number of piperidine rings is 1. The van der Waals surface area contributed by atoms with E-state index in [9.17, 15) is 4.79 Å². The normalized spacial score (nSPS) is 19.2. The molecular weight excluding hydrogens is 404 g/mol. The lowest BCUT2D eigenvalue weighted by Crippen LogP contribution is -2.46. The van der Waals surface area contributed by atoms with Crippen molar-refractivity contribution in [2.75, 3.05) is 26.0 Å². The number of H-pyrrole nitrogens is 1. The first-order valence-electron chi connectivity index (χ1n) is 9.76. The van der Waals surface area contributed by atoms with Crippen LogP contribution in [0, 0.1) is 6.92 Å². The molecule has 0 bridgehead atoms. The zero-order valence-corrected chi connectivity index (χ0v) is 18.1. The second kappa shape index (κ2) is 9.32. The zero-order chi connectivity index (χ0) is 20.4. The first-order valence-corrected chi connectivity index (χ1v) is 9.76. The van der Waals surface area contributed by atoms with Gasteiger partial charge in [0.25, 0.3) is 0 Å². The van der Waals surface area contributed by atoms with Gasteiger partial charge < -0.3 is 20.4 Å². The third kappa shape index (κ3) is 4.83. The molecule has 1 aliphatic rings. The van der Waals surface area contributed by atoms with E-state index in [1.807, 2.05) is 37.3 Å². The molecule has 0 unspecified atom stereocenters. The number of fused-ring (bicyclic) bond motifs is 1. The van der Waals surface area contributed by atoms with Gasteiger partial charge in [-0.25, -0.2) is 9.78 Å². The lowest BCUT2D eigenvalue weighted by molar-refractivity contribution is 0.153. The monoisotopic (exact) mass is 430 g/mol. The molecule has 1 aromatic carbocycles. The van der Waals surface area contributed by atoms with Gasteiger partial charge >= 0.3 is 6.03 Å². The number of carbonyl (C=O) groups excluding carboxylic acids is 1. The van der Waals surface area contributed by atoms with Crippen molar-refractivity contribution in [1.82, 2.24) is 25.2 Å². The maximum absolute atomic E-state index is 12.4. The first kappa shape index (κ1) is 21.9. The lowest BCUT2D eigenvalue weighted by Gasteiger charge is -2.36. The Kier molecular flexibility index (Phi) is 6.79. The van der Waals surface area contributed by atoms with E-state index in [0.717, 1.165) is 47.7 Å². The Hall–Kier alpha value is -2.84. The van der Waals surface area contributed by atoms with Gasteiger partial charge in [0.1, 0.15) is 11.6 Å². The molecule has 30 heavy (non-hydrogen) atoms. The van der Waals surface area contributed by atoms with E-state index in [1.54, 1.807) is 13.3 Å². The molecule has 9 heteroatoms. The molecule has 2 atom stereocenters. The van der Waals surface area contributed by atoms with Crippen molar-refractivity contribution >= 4 is 35.2 Å². The van der Waals surface area contributed by atoms with Crippen LogP contribution in [0.3, 0.4) is 0 Å². The molecule has 2 amide bonds. The molecule has 0 saturated carbocycles. The molecule has 1 fully saturated rings. The first-order chi connectivity index (χ1) is 14.0. The molecule has 1 aliphatic heterocycles. The number of nitrogens with zero attached hydrogens (tertiary/aromatic N) is 3. The number of benzene rings is 1. The third-order valence-electron chi connectivity index (χ3n) is 5.40. The molecule has 0 radical (unpaired) electrons. The Morgan fingerprint density at radius 2 is 2.13 bits per heavy atom. The number of methoxy groups -OCH3 is 1. The van der Waals surface area contributed by atoms with E-state index in [4.69, 9.17) is 9.72 Å². The van der Waals surface area contributed by atoms with Crippen LogP contribution in [-0.4, -0.2) is 52.6 Å². The van der Waals surface area contributed by atoms with Crippen LogP contribution in [0.4, 0.5) is 10.5 Å². The fourth-order valence-corrected chi connectivity index (χ4v) is 3.72. The van der Waals surface area contributed by atoms with Gasteiger partial charge in [-0.3, -0.25) is 9.88 Å². The van der Waals surface area contributed by atoms with Crippen LogP contribution in [0.1, 0.15) is 30.4 Å². The van der Waals surface area contributed by atoms with E-state index in [-0.39, 0.29) is 30.5 Å². The number of nitrogens with one attached hydrogen (secondary N) is 3. The Morgan fingerprint density at radius 1 is 1.30 bits per heavy atom. The Morgan fingerprint density at radius 3 is 2.87 bits per heavy atom. The number of aryl methyl sites for hydroxylation is 1. The highest BCUT2D eigenvalue weighted by atomic mass is 35.5. The zero-order valence-electron chi connectivity index (χ0n) is 17.3. The van der Waals surface area contributed by atoms with E-state index in [0.29, 0.717) is 5.69 Å². The number of carbonyl (C=O) groups is 1. The van der Waals surface area contributed by atoms with Crippen molar-refractivity contribution in [2.24, 2.45) is 0 Å². The summed E-state index contributed by atoms with van der Waals surface area (Å²) in [5.74, 6) is 1.71. The summed E-state index contributed by atoms with van der Waals surface area (Å²) in [6, 6.07) is 9.50. The fraction of sp³-hybridized carbons (Fsp3) is 0.381. The molecule has 160 valence electrons. The van der Waals surface area contributed by atoms with Gasteiger partial charge in [-0.05, 0) is 51.1 Å². The van der Waals surface area contributed by atoms with Gasteiger partial charge in [0.05, 0.1) is 36.1 Å². The summed E-state index contributed by atoms with van der Waals surface area (Å²) < 4.78 is 5.30. The second-order valence-electron chi connectivity index (χ2n) is 7.51. The summed E-state index contributed by atoms with van der Waals surface area (Å²) in [4.78, 5) is 27.1. The molecule has 0 aliphatic carbocycles. The molecule has 3 aromatic rings. The minimum absolute atomic E-state index is 0. The predicted octanol–water partition coefficient (Wildman–Crippen LogP) is 3.65. The quantitative estimate of drug-likeness (QED) is 0.587. The predicted molar refractivity (Wildman–Crippen MR) is 119 cm³/mol. The fourth-order valence-electron chi connectivity index (χ4n) is 3.72. The van der Waals surface area contributed by atoms with Crippen LogP contribution in [-0.2, 0) is 0 Å². The minimum atomic E-state index is -0.210. The number of anilines is 1. The van der Waals surface area contributed by atoms with Crippen LogP contribution in [0.2, 0.25) is 0 Å². The summed E-state index contributed by atoms with van der Waals surface area (Å²) in [5, 5.41) is 5.94. The number of aromatic amines is 1. The summed E-state index contributed by atoms with van der Waals surface area (Å²) in [6.45, 7) is 2.79. The molecule has 1 saturated heterocycles. The summed E-state index contributed by atoms with van der Waals surface area (Å²) in [6.07, 6.45) is 3.34. The number of halogens is 1. The number of amides is 2. The Bertz CT molecular complexity index is 1010. The number of urea groups is 1. The molecule has 3 heterocycles. The minimum Gasteiger partial charge on any atom is -0.497 e. The third-order valence-corrected chi connectivity index (χ3v) is 5.40. The van der Waals surface area contributed by atoms with Crippen molar-refractivity contribution in [2.45, 2.75) is 31.8 Å². The second-order valence-corrected chi connectivity index (χ2v) is 7.51. The summed E-state index contributed by atoms with van der Waals surface area (Å²) >= 11 is 0. The number of hydrogen-bond donors (Lipinski definition) is 3. The van der Waals surface area contributed by atoms with Crippen LogP contribution >= 0.6 is 12.4 Å². The van der Waals surface area contributed by atoms with Crippen molar-refractivity contribution in [3.8, 4) is 5.75 Å². The van der Waals surface area contributed by atoms with Crippen LogP contribution < -0.4 is 15.4 Å². The number of hydrogen-bond acceptors (Lipinski definition) is 5. The number of rotatable bonds is 4. The van der Waals surface area contributed by atoms with Crippen LogP contribution in [0.25, 0.3) is 11.0 Å². The summed E-state index contributed by atoms with van der Waals surface area (Å²) in [5.41, 5.74) is 3.46. The van der Waals surface area contributed by atoms with Gasteiger partial charge in [-0.15, -0.1) is 12.4 Å². The molecule has 2 aromatic heterocycles. The van der Waals surface area contributed by atoms with E-state index in [2.05, 4.69) is 32.5 Å². The Labute approximate surface area is 181 Å². The molecule has 3 N–H and O–H groups in total. The van der Waals surface area contributed by atoms with Crippen LogP contribution in [0.5, 0.6) is 5.75 Å². The maximum Gasteiger partial charge on any atom is 0.319 e. The van der Waals surface area contributed by atoms with E-state index < -0.39 is 0 Å². The number of aromatic nitrogens is 3. The van der Waals surface area contributed by atoms with Gasteiger partial charge in [0, 0.05) is 24.3 Å². The van der Waals surface area contributed by atoms with E-state index >= 15 is 0 Å². The van der Waals surface area contributed by atoms with E-state index in [1.165, 1.54) is 0 Å². The van der Waals surface area contributed by atoms with Crippen molar-refractivity contribution in [3.63, 3.8) is 0 Å². The highest BCUT2D eigenvalue weighted by molar-refractivity contribution is 5.89. The highest BCUT2D eigenvalue weighted by Gasteiger charge is 2.30. The SMILES string of the molecule is COc1ccc2nc([C@H]3C[C@H](NC(=O)Nc4ccc(C)nc4)CCN3C)[nH]c2c1.Cl. The topological polar surface area (TPSA) is 95.2 Å². The number of imidazole rings is 1. The number of likely N-dealkylation sites (tertiary alicyclic amines) is 1. The molecule has 4 rings (SSSR count). The average molecular weight is 431 g/mol. The number of ether oxygens (including phenoxy) is 1. The molecular formula is C21H27ClN6O2. The van der Waals surface area contributed by atoms with Gasteiger partial charge in [0.15, 0.2) is 0 Å². The maximum atomic E-state index is 12.4. The van der Waals surface area contributed by atoms with Crippen LogP contribution in [0.15, 0.2) is 36.5 Å². The van der Waals surface area contributed by atoms with Crippen molar-refractivity contribution in [3.05, 3.63) is 48.0 Å². The van der Waals surface area contributed by atoms with Gasteiger partial charge in [0.2, 0.25) is 0 Å². The van der Waals surface area contributed by atoms with Gasteiger partial charge in [-0.1, -0.05) is 0 Å². The van der Waals surface area contributed by atoms with Crippen molar-refractivity contribution < 1.29 is 9.53 Å². The average Bonchev–Trinajstić information content (AvgIpc) is 3.14. The Balaban J connectivity index is 0.00000256. The van der Waals surface area contributed by atoms with Gasteiger partial charge in [-0.2, -0.15) is 0 Å². The standard InChI is InChI=1S/C21H26N6O2.ClH/c1-13-4-5-15(12-22-13)24-21(28)23-14-8-9-27(2)19(10-14)20-25-17-7-6-16(29-3)11-18(17)26-20;/h4-7,11-12,14,19H,8-10H2,1-3H3,(H,25,26)(H2,23,24,28);1H/t14-,19-;/m1./s1. The molecule has 0 spiro atoms.